The first-order chi connectivity index (χ1) is 16.4. The van der Waals surface area contributed by atoms with Crippen LogP contribution in [0.2, 0.25) is 5.02 Å². The van der Waals surface area contributed by atoms with Crippen molar-refractivity contribution in [2.24, 2.45) is 0 Å². The van der Waals surface area contributed by atoms with Crippen molar-refractivity contribution >= 4 is 23.4 Å². The zero-order valence-corrected chi connectivity index (χ0v) is 21.4. The second-order valence-corrected chi connectivity index (χ2v) is 9.66. The van der Waals surface area contributed by atoms with Gasteiger partial charge in [-0.05, 0) is 79.5 Å². The number of aromatic nitrogens is 4. The number of thioether (sulfide) groups is 1. The third-order valence-electron chi connectivity index (χ3n) is 5.59. The Kier molecular flexibility index (Phi) is 7.88. The highest BCUT2D eigenvalue weighted by atomic mass is 35.5. The Morgan fingerprint density at radius 1 is 1.00 bits per heavy atom. The third-order valence-corrected chi connectivity index (χ3v) is 6.82. The van der Waals surface area contributed by atoms with E-state index in [4.69, 9.17) is 16.3 Å². The molecule has 0 N–H and O–H groups in total. The van der Waals surface area contributed by atoms with Crippen LogP contribution in [-0.2, 0) is 18.8 Å². The molecule has 4 rings (SSSR count). The van der Waals surface area contributed by atoms with Crippen LogP contribution >= 0.6 is 23.4 Å². The lowest BCUT2D eigenvalue weighted by Crippen LogP contribution is -2.20. The Balaban J connectivity index is 1.58. The molecule has 0 fully saturated rings. The van der Waals surface area contributed by atoms with E-state index >= 15 is 0 Å². The van der Waals surface area contributed by atoms with E-state index in [1.54, 1.807) is 31.3 Å². The number of pyridine rings is 1. The fourth-order valence-corrected chi connectivity index (χ4v) is 4.94. The van der Waals surface area contributed by atoms with Crippen LogP contribution in [0.3, 0.4) is 0 Å². The van der Waals surface area contributed by atoms with Crippen LogP contribution in [0.15, 0.2) is 66.1 Å². The lowest BCUT2D eigenvalue weighted by atomic mass is 10.0. The highest BCUT2D eigenvalue weighted by Crippen LogP contribution is 2.28. The summed E-state index contributed by atoms with van der Waals surface area (Å²) in [6.07, 6.45) is 3.61. The van der Waals surface area contributed by atoms with Gasteiger partial charge in [0.15, 0.2) is 11.0 Å². The normalized spacial score (nSPS) is 11.2. The summed E-state index contributed by atoms with van der Waals surface area (Å²) in [5.41, 5.74) is 5.74. The molecule has 8 heteroatoms. The van der Waals surface area contributed by atoms with Crippen LogP contribution in [-0.4, -0.2) is 38.8 Å². The number of hydrogen-bond donors (Lipinski definition) is 0. The number of hydrogen-bond acceptors (Lipinski definition) is 6. The molecule has 2 heterocycles. The quantitative estimate of drug-likeness (QED) is 0.272. The Bertz CT molecular complexity index is 1260. The highest BCUT2D eigenvalue weighted by molar-refractivity contribution is 7.98. The van der Waals surface area contributed by atoms with Crippen molar-refractivity contribution in [1.82, 2.24) is 24.6 Å². The average Bonchev–Trinajstić information content (AvgIpc) is 3.22. The second kappa shape index (κ2) is 11.0. The Hall–Kier alpha value is -2.87. The lowest BCUT2D eigenvalue weighted by molar-refractivity contribution is 0.307. The molecule has 0 bridgehead atoms. The summed E-state index contributed by atoms with van der Waals surface area (Å²) in [5, 5.41) is 10.6. The molecule has 6 nitrogen and oxygen atoms in total. The molecule has 4 aromatic rings. The summed E-state index contributed by atoms with van der Waals surface area (Å²) >= 11 is 7.97. The molecule has 0 aliphatic rings. The van der Waals surface area contributed by atoms with Crippen molar-refractivity contribution in [2.75, 3.05) is 14.2 Å². The Morgan fingerprint density at radius 2 is 1.79 bits per heavy atom. The Morgan fingerprint density at radius 3 is 2.53 bits per heavy atom. The summed E-state index contributed by atoms with van der Waals surface area (Å²) in [7, 11) is 3.81. The molecule has 0 saturated heterocycles. The van der Waals surface area contributed by atoms with Gasteiger partial charge in [0.25, 0.3) is 0 Å². The largest absolute Gasteiger partial charge is 0.496 e. The van der Waals surface area contributed by atoms with Gasteiger partial charge in [-0.2, -0.15) is 0 Å². The van der Waals surface area contributed by atoms with Gasteiger partial charge in [-0.15, -0.1) is 10.2 Å². The van der Waals surface area contributed by atoms with Crippen molar-refractivity contribution in [3.05, 3.63) is 94.0 Å². The van der Waals surface area contributed by atoms with Gasteiger partial charge in [-0.25, -0.2) is 0 Å². The van der Waals surface area contributed by atoms with Gasteiger partial charge in [0.05, 0.1) is 19.3 Å². The van der Waals surface area contributed by atoms with Gasteiger partial charge in [-0.3, -0.25) is 14.5 Å². The maximum atomic E-state index is 6.32. The fraction of sp³-hybridized carbons (Fsp3) is 0.269. The van der Waals surface area contributed by atoms with Gasteiger partial charge < -0.3 is 4.74 Å². The molecular formula is C26H28ClN5OS. The van der Waals surface area contributed by atoms with Crippen LogP contribution in [0, 0.1) is 13.8 Å². The molecule has 0 aliphatic carbocycles. The molecular weight excluding hydrogens is 466 g/mol. The van der Waals surface area contributed by atoms with Crippen molar-refractivity contribution in [2.45, 2.75) is 37.8 Å². The molecule has 34 heavy (non-hydrogen) atoms. The molecule has 0 aliphatic heterocycles. The Labute approximate surface area is 210 Å². The maximum Gasteiger partial charge on any atom is 0.196 e. The molecule has 0 spiro atoms. The number of halogens is 1. The lowest BCUT2D eigenvalue weighted by Gasteiger charge is -2.20. The molecule has 2 aromatic carbocycles. The monoisotopic (exact) mass is 493 g/mol. The molecule has 0 saturated carbocycles. The maximum absolute atomic E-state index is 6.32. The summed E-state index contributed by atoms with van der Waals surface area (Å²) < 4.78 is 7.56. The average molecular weight is 494 g/mol. The predicted molar refractivity (Wildman–Crippen MR) is 138 cm³/mol. The minimum atomic E-state index is 0.639. The first kappa shape index (κ1) is 24.3. The summed E-state index contributed by atoms with van der Waals surface area (Å²) in [5.74, 6) is 2.56. The minimum absolute atomic E-state index is 0.639. The highest BCUT2D eigenvalue weighted by Gasteiger charge is 2.17. The number of rotatable bonds is 9. The van der Waals surface area contributed by atoms with Crippen LogP contribution in [0.5, 0.6) is 5.75 Å². The molecule has 0 atom stereocenters. The van der Waals surface area contributed by atoms with E-state index in [-0.39, 0.29) is 0 Å². The number of aryl methyl sites for hydroxylation is 2. The van der Waals surface area contributed by atoms with Crippen molar-refractivity contribution in [3.8, 4) is 11.4 Å². The molecule has 0 radical (unpaired) electrons. The van der Waals surface area contributed by atoms with Crippen molar-refractivity contribution in [3.63, 3.8) is 0 Å². The standard InChI is InChI=1S/C26H28ClN5OS/c1-18-13-24(33-4)19(2)12-21(18)15-31(3)16-25-29-30-26(34-17-20-8-10-28-11-9-20)32(25)23-7-5-6-22(27)14-23/h5-14H,15-17H2,1-4H3. The van der Waals surface area contributed by atoms with E-state index in [1.165, 1.54) is 16.7 Å². The van der Waals surface area contributed by atoms with Gasteiger partial charge in [-0.1, -0.05) is 35.5 Å². The number of methoxy groups -OCH3 is 1. The minimum Gasteiger partial charge on any atom is -0.496 e. The van der Waals surface area contributed by atoms with E-state index < -0.39 is 0 Å². The van der Waals surface area contributed by atoms with Gasteiger partial charge >= 0.3 is 0 Å². The van der Waals surface area contributed by atoms with E-state index in [1.807, 2.05) is 36.4 Å². The zero-order chi connectivity index (χ0) is 24.1. The van der Waals surface area contributed by atoms with Gasteiger partial charge in [0, 0.05) is 29.7 Å². The molecule has 0 unspecified atom stereocenters. The molecule has 0 amide bonds. The molecule has 176 valence electrons. The smallest absolute Gasteiger partial charge is 0.196 e. The fourth-order valence-electron chi connectivity index (χ4n) is 3.83. The first-order valence-electron chi connectivity index (χ1n) is 11.0. The first-order valence-corrected chi connectivity index (χ1v) is 12.4. The number of benzene rings is 2. The molecule has 2 aromatic heterocycles. The number of nitrogens with zero attached hydrogens (tertiary/aromatic N) is 5. The van der Waals surface area contributed by atoms with Crippen LogP contribution in [0.1, 0.15) is 28.1 Å². The van der Waals surface area contributed by atoms with Crippen molar-refractivity contribution < 1.29 is 4.74 Å². The van der Waals surface area contributed by atoms with Gasteiger partial charge in [0.2, 0.25) is 0 Å². The third kappa shape index (κ3) is 5.78. The number of ether oxygens (including phenoxy) is 1. The van der Waals surface area contributed by atoms with Crippen LogP contribution < -0.4 is 4.74 Å². The van der Waals surface area contributed by atoms with Crippen LogP contribution in [0.4, 0.5) is 0 Å². The predicted octanol–water partition coefficient (Wildman–Crippen LogP) is 5.87. The van der Waals surface area contributed by atoms with E-state index in [0.717, 1.165) is 40.3 Å². The van der Waals surface area contributed by atoms with E-state index in [0.29, 0.717) is 11.6 Å². The van der Waals surface area contributed by atoms with Gasteiger partial charge in [0.1, 0.15) is 5.75 Å². The summed E-state index contributed by atoms with van der Waals surface area (Å²) in [6.45, 7) is 5.62. The zero-order valence-electron chi connectivity index (χ0n) is 19.8. The second-order valence-electron chi connectivity index (χ2n) is 8.28. The van der Waals surface area contributed by atoms with E-state index in [9.17, 15) is 0 Å². The van der Waals surface area contributed by atoms with E-state index in [2.05, 4.69) is 57.7 Å². The topological polar surface area (TPSA) is 56.1 Å². The van der Waals surface area contributed by atoms with Crippen LogP contribution in [0.25, 0.3) is 5.69 Å². The summed E-state index contributed by atoms with van der Waals surface area (Å²) in [4.78, 5) is 6.34. The SMILES string of the molecule is COc1cc(C)c(CN(C)Cc2nnc(SCc3ccncc3)n2-c2cccc(Cl)c2)cc1C. The summed E-state index contributed by atoms with van der Waals surface area (Å²) in [6, 6.07) is 16.1. The van der Waals surface area contributed by atoms with Crippen molar-refractivity contribution in [1.29, 1.82) is 0 Å².